The summed E-state index contributed by atoms with van der Waals surface area (Å²) in [6.45, 7) is 0. The van der Waals surface area contributed by atoms with Crippen LogP contribution in [0.15, 0.2) is 12.1 Å². The molecule has 6 heteroatoms. The molecule has 0 saturated heterocycles. The molecule has 0 radical (unpaired) electrons. The van der Waals surface area contributed by atoms with Crippen LogP contribution in [0.1, 0.15) is 11.6 Å². The second kappa shape index (κ2) is 4.06. The normalized spacial score (nSPS) is 13.3. The van der Waals surface area contributed by atoms with Crippen molar-refractivity contribution in [2.24, 2.45) is 5.73 Å². The second-order valence-electron chi connectivity index (χ2n) is 2.69. The van der Waals surface area contributed by atoms with Gasteiger partial charge in [-0.25, -0.2) is 13.2 Å². The summed E-state index contributed by atoms with van der Waals surface area (Å²) in [5, 5.41) is 8.89. The van der Waals surface area contributed by atoms with Crippen LogP contribution in [0.3, 0.4) is 0 Å². The lowest BCUT2D eigenvalue weighted by Crippen LogP contribution is -2.19. The van der Waals surface area contributed by atoms with Crippen LogP contribution in [0.25, 0.3) is 0 Å². The first-order chi connectivity index (χ1) is 6.43. The average Bonchev–Trinajstić information content (AvgIpc) is 2.09. The Hall–Kier alpha value is -0.940. The minimum absolute atomic E-state index is 0.337. The molecule has 0 unspecified atom stereocenters. The van der Waals surface area contributed by atoms with Gasteiger partial charge in [-0.1, -0.05) is 11.6 Å². The fourth-order valence-corrected chi connectivity index (χ4v) is 1.19. The molecule has 1 aromatic rings. The Morgan fingerprint density at radius 2 is 1.93 bits per heavy atom. The first-order valence-corrected chi connectivity index (χ1v) is 4.03. The van der Waals surface area contributed by atoms with Crippen LogP contribution in [-0.2, 0) is 0 Å². The molecule has 14 heavy (non-hydrogen) atoms. The van der Waals surface area contributed by atoms with E-state index in [2.05, 4.69) is 0 Å². The van der Waals surface area contributed by atoms with E-state index < -0.39 is 29.6 Å². The van der Waals surface area contributed by atoms with Crippen LogP contribution in [0.4, 0.5) is 13.2 Å². The maximum atomic E-state index is 12.7. The lowest BCUT2D eigenvalue weighted by atomic mass is 10.1. The van der Waals surface area contributed by atoms with Gasteiger partial charge in [-0.15, -0.1) is 0 Å². The van der Waals surface area contributed by atoms with Gasteiger partial charge in [0.1, 0.15) is 11.6 Å². The van der Waals surface area contributed by atoms with E-state index in [1.165, 1.54) is 0 Å². The molecule has 1 rings (SSSR count). The number of phenols is 1. The van der Waals surface area contributed by atoms with Crippen molar-refractivity contribution in [2.45, 2.75) is 12.5 Å². The number of phenolic OH excluding ortho intramolecular Hbond substituents is 1. The lowest BCUT2D eigenvalue weighted by Gasteiger charge is -2.13. The molecular weight excluding hydrogens is 219 g/mol. The van der Waals surface area contributed by atoms with Gasteiger partial charge in [0.15, 0.2) is 0 Å². The van der Waals surface area contributed by atoms with Gasteiger partial charge in [0, 0.05) is 5.56 Å². The Kier molecular flexibility index (Phi) is 3.23. The van der Waals surface area contributed by atoms with Crippen molar-refractivity contribution in [1.29, 1.82) is 0 Å². The zero-order chi connectivity index (χ0) is 10.9. The summed E-state index contributed by atoms with van der Waals surface area (Å²) in [4.78, 5) is 0. The quantitative estimate of drug-likeness (QED) is 0.812. The summed E-state index contributed by atoms with van der Waals surface area (Å²) in [6, 6.07) is -0.195. The highest BCUT2D eigenvalue weighted by atomic mass is 35.5. The Balaban J connectivity index is 3.20. The molecule has 0 aliphatic heterocycles. The van der Waals surface area contributed by atoms with Gasteiger partial charge in [0.2, 0.25) is 0 Å². The van der Waals surface area contributed by atoms with Crippen molar-refractivity contribution in [3.8, 4) is 5.75 Å². The summed E-state index contributed by atoms with van der Waals surface area (Å²) in [6.07, 6.45) is -2.89. The molecular formula is C8H7ClF3NO. The molecule has 1 aromatic carbocycles. The van der Waals surface area contributed by atoms with E-state index in [-0.39, 0.29) is 5.02 Å². The standard InChI is InChI=1S/C8H7ClF3NO/c9-5-2-3(10)1-4(7(5)14)6(13)8(11)12/h1-2,6,8,14H,13H2/t6-/m1/s1. The first-order valence-electron chi connectivity index (χ1n) is 3.65. The molecule has 0 amide bonds. The lowest BCUT2D eigenvalue weighted by molar-refractivity contribution is 0.115. The van der Waals surface area contributed by atoms with E-state index in [1.807, 2.05) is 0 Å². The Labute approximate surface area is 83.1 Å². The average molecular weight is 226 g/mol. The molecule has 1 atom stereocenters. The number of aromatic hydroxyl groups is 1. The van der Waals surface area contributed by atoms with Crippen molar-refractivity contribution in [2.75, 3.05) is 0 Å². The fourth-order valence-electron chi connectivity index (χ4n) is 0.976. The Morgan fingerprint density at radius 1 is 1.36 bits per heavy atom. The van der Waals surface area contributed by atoms with Gasteiger partial charge in [-0.05, 0) is 12.1 Å². The van der Waals surface area contributed by atoms with E-state index in [0.717, 1.165) is 12.1 Å². The van der Waals surface area contributed by atoms with E-state index in [1.54, 1.807) is 0 Å². The van der Waals surface area contributed by atoms with Crippen molar-refractivity contribution >= 4 is 11.6 Å². The molecule has 0 spiro atoms. The number of hydrogen-bond acceptors (Lipinski definition) is 2. The SMILES string of the molecule is N[C@H](c1cc(F)cc(Cl)c1O)C(F)F. The summed E-state index contributed by atoms with van der Waals surface area (Å²) in [7, 11) is 0. The number of rotatable bonds is 2. The van der Waals surface area contributed by atoms with Crippen LogP contribution >= 0.6 is 11.6 Å². The Bertz CT molecular complexity index is 346. The zero-order valence-corrected chi connectivity index (χ0v) is 7.60. The number of alkyl halides is 2. The fraction of sp³-hybridized carbons (Fsp3) is 0.250. The van der Waals surface area contributed by atoms with Gasteiger partial charge >= 0.3 is 0 Å². The van der Waals surface area contributed by atoms with Crippen LogP contribution in [0.5, 0.6) is 5.75 Å². The zero-order valence-electron chi connectivity index (χ0n) is 6.85. The molecule has 2 nitrogen and oxygen atoms in total. The third kappa shape index (κ3) is 2.10. The van der Waals surface area contributed by atoms with Crippen molar-refractivity contribution in [3.63, 3.8) is 0 Å². The summed E-state index contributed by atoms with van der Waals surface area (Å²) >= 11 is 5.38. The molecule has 3 N–H and O–H groups in total. The van der Waals surface area contributed by atoms with Crippen molar-refractivity contribution in [1.82, 2.24) is 0 Å². The maximum Gasteiger partial charge on any atom is 0.257 e. The summed E-state index contributed by atoms with van der Waals surface area (Å²) < 4.78 is 37.0. The number of hydrogen-bond donors (Lipinski definition) is 2. The van der Waals surface area contributed by atoms with Gasteiger partial charge in [-0.3, -0.25) is 0 Å². The van der Waals surface area contributed by atoms with Crippen LogP contribution in [0.2, 0.25) is 5.02 Å². The summed E-state index contributed by atoms with van der Waals surface area (Å²) in [5.41, 5.74) is 4.64. The molecule has 0 bridgehead atoms. The van der Waals surface area contributed by atoms with E-state index in [4.69, 9.17) is 17.3 Å². The van der Waals surface area contributed by atoms with Gasteiger partial charge < -0.3 is 10.8 Å². The topological polar surface area (TPSA) is 46.2 Å². The van der Waals surface area contributed by atoms with Crippen LogP contribution < -0.4 is 5.73 Å². The Morgan fingerprint density at radius 3 is 2.43 bits per heavy atom. The molecule has 0 saturated carbocycles. The van der Waals surface area contributed by atoms with Gasteiger partial charge in [-0.2, -0.15) is 0 Å². The molecule has 0 aromatic heterocycles. The van der Waals surface area contributed by atoms with Gasteiger partial charge in [0.05, 0.1) is 11.1 Å². The summed E-state index contributed by atoms with van der Waals surface area (Å²) in [5.74, 6) is -1.43. The van der Waals surface area contributed by atoms with Crippen molar-refractivity contribution in [3.05, 3.63) is 28.5 Å². The number of benzene rings is 1. The highest BCUT2D eigenvalue weighted by molar-refractivity contribution is 6.32. The number of nitrogens with two attached hydrogens (primary N) is 1. The van der Waals surface area contributed by atoms with E-state index >= 15 is 0 Å². The second-order valence-corrected chi connectivity index (χ2v) is 3.09. The minimum Gasteiger partial charge on any atom is -0.506 e. The highest BCUT2D eigenvalue weighted by Gasteiger charge is 2.22. The first kappa shape index (κ1) is 11.1. The van der Waals surface area contributed by atoms with Crippen LogP contribution in [-0.4, -0.2) is 11.5 Å². The predicted molar refractivity (Wildman–Crippen MR) is 46.0 cm³/mol. The molecule has 0 aliphatic carbocycles. The monoisotopic (exact) mass is 225 g/mol. The van der Waals surface area contributed by atoms with Crippen molar-refractivity contribution < 1.29 is 18.3 Å². The van der Waals surface area contributed by atoms with Crippen LogP contribution in [0, 0.1) is 5.82 Å². The third-order valence-corrected chi connectivity index (χ3v) is 1.98. The smallest absolute Gasteiger partial charge is 0.257 e. The largest absolute Gasteiger partial charge is 0.506 e. The van der Waals surface area contributed by atoms with Gasteiger partial charge in [0.25, 0.3) is 6.43 Å². The predicted octanol–water partition coefficient (Wildman–Crippen LogP) is 2.45. The van der Waals surface area contributed by atoms with E-state index in [0.29, 0.717) is 0 Å². The molecule has 0 fully saturated rings. The molecule has 0 heterocycles. The minimum atomic E-state index is -2.89. The maximum absolute atomic E-state index is 12.7. The third-order valence-electron chi connectivity index (χ3n) is 1.69. The van der Waals surface area contributed by atoms with E-state index in [9.17, 15) is 18.3 Å². The molecule has 78 valence electrons. The highest BCUT2D eigenvalue weighted by Crippen LogP contribution is 2.33. The molecule has 0 aliphatic rings. The number of halogens is 4.